The van der Waals surface area contributed by atoms with Gasteiger partial charge in [-0.2, -0.15) is 0 Å². The number of nitrogens with one attached hydrogen (secondary N) is 1. The maximum Gasteiger partial charge on any atom is 0.135 e. The van der Waals surface area contributed by atoms with Crippen LogP contribution in [0.3, 0.4) is 0 Å². The lowest BCUT2D eigenvalue weighted by Gasteiger charge is -2.17. The van der Waals surface area contributed by atoms with E-state index in [4.69, 9.17) is 4.42 Å². The van der Waals surface area contributed by atoms with Crippen LogP contribution in [0.4, 0.5) is 11.4 Å². The Morgan fingerprint density at radius 3 is 2.09 bits per heavy atom. The van der Waals surface area contributed by atoms with E-state index in [1.54, 1.807) is 0 Å². The van der Waals surface area contributed by atoms with E-state index < -0.39 is 0 Å². The quantitative estimate of drug-likeness (QED) is 0.217. The summed E-state index contributed by atoms with van der Waals surface area (Å²) < 4.78 is 6.11. The van der Waals surface area contributed by atoms with Gasteiger partial charge in [-0.05, 0) is 100 Å². The Kier molecular flexibility index (Phi) is 6.66. The van der Waals surface area contributed by atoms with Crippen LogP contribution in [0, 0.1) is 0 Å². The molecule has 44 heavy (non-hydrogen) atoms. The van der Waals surface area contributed by atoms with E-state index >= 15 is 0 Å². The van der Waals surface area contributed by atoms with Gasteiger partial charge < -0.3 is 9.73 Å². The second-order valence-electron chi connectivity index (χ2n) is 11.4. The maximum atomic E-state index is 6.11. The molecule has 1 aliphatic rings. The highest BCUT2D eigenvalue weighted by Gasteiger charge is 2.14. The molecule has 7 aromatic rings. The molecule has 2 nitrogen and oxygen atoms in total. The Bertz CT molecular complexity index is 2180. The second kappa shape index (κ2) is 11.2. The molecule has 8 rings (SSSR count). The summed E-state index contributed by atoms with van der Waals surface area (Å²) in [7, 11) is 0. The van der Waals surface area contributed by atoms with E-state index in [1.165, 1.54) is 33.4 Å². The van der Waals surface area contributed by atoms with E-state index in [2.05, 4.69) is 145 Å². The molecule has 2 heteroatoms. The summed E-state index contributed by atoms with van der Waals surface area (Å²) in [6, 6.07) is 51.6. The van der Waals surface area contributed by atoms with Gasteiger partial charge in [0.2, 0.25) is 0 Å². The van der Waals surface area contributed by atoms with Crippen LogP contribution >= 0.6 is 0 Å². The molecule has 0 unspecified atom stereocenters. The first-order chi connectivity index (χ1) is 21.8. The predicted molar refractivity (Wildman–Crippen MR) is 186 cm³/mol. The molecular formula is C42H31NO. The van der Waals surface area contributed by atoms with Gasteiger partial charge in [-0.15, -0.1) is 0 Å². The SMILES string of the molecule is C1=C(c2cccc(-c3cc(-c4ccc5oc6ccccc6c5c4)ccc3Nc3ccccc3)c2)C=C(c2ccccc2)CC1. The van der Waals surface area contributed by atoms with Crippen molar-refractivity contribution in [1.29, 1.82) is 0 Å². The van der Waals surface area contributed by atoms with Crippen LogP contribution in [0.15, 0.2) is 162 Å². The Morgan fingerprint density at radius 1 is 0.500 bits per heavy atom. The van der Waals surface area contributed by atoms with Gasteiger partial charge in [0, 0.05) is 27.7 Å². The summed E-state index contributed by atoms with van der Waals surface area (Å²) >= 11 is 0. The van der Waals surface area contributed by atoms with Crippen molar-refractivity contribution in [2.24, 2.45) is 0 Å². The molecular weight excluding hydrogens is 534 g/mol. The first-order valence-electron chi connectivity index (χ1n) is 15.2. The molecule has 0 aliphatic heterocycles. The molecule has 0 spiro atoms. The minimum absolute atomic E-state index is 0.911. The summed E-state index contributed by atoms with van der Waals surface area (Å²) in [6.07, 6.45) is 6.84. The van der Waals surface area contributed by atoms with Gasteiger partial charge in [-0.3, -0.25) is 0 Å². The lowest BCUT2D eigenvalue weighted by molar-refractivity contribution is 0.669. The third kappa shape index (κ3) is 5.01. The molecule has 0 saturated heterocycles. The van der Waals surface area contributed by atoms with Gasteiger partial charge >= 0.3 is 0 Å². The van der Waals surface area contributed by atoms with Crippen LogP contribution in [-0.4, -0.2) is 0 Å². The van der Waals surface area contributed by atoms with Crippen LogP contribution in [0.2, 0.25) is 0 Å². The van der Waals surface area contributed by atoms with Gasteiger partial charge in [0.15, 0.2) is 0 Å². The monoisotopic (exact) mass is 565 g/mol. The minimum Gasteiger partial charge on any atom is -0.456 e. The standard InChI is InChI=1S/C42H31NO/c1-3-11-29(12-4-1)30-13-9-14-31(25-30)32-15-10-16-35(26-32)38-27-33(21-23-40(38)43-36-17-5-2-6-18-36)34-22-24-42-39(28-34)37-19-7-8-20-41(37)44-42/h1-8,10-12,14-28,43H,9,13H2. The molecule has 1 N–H and O–H groups in total. The Hall–Kier alpha value is -5.60. The van der Waals surface area contributed by atoms with E-state index in [0.717, 1.165) is 57.3 Å². The van der Waals surface area contributed by atoms with E-state index in [0.29, 0.717) is 0 Å². The molecule has 0 fully saturated rings. The van der Waals surface area contributed by atoms with Crippen molar-refractivity contribution in [3.05, 3.63) is 169 Å². The highest BCUT2D eigenvalue weighted by molar-refractivity contribution is 6.06. The summed E-state index contributed by atoms with van der Waals surface area (Å²) in [4.78, 5) is 0. The zero-order valence-electron chi connectivity index (χ0n) is 24.3. The van der Waals surface area contributed by atoms with E-state index in [1.807, 2.05) is 18.2 Å². The van der Waals surface area contributed by atoms with Crippen molar-refractivity contribution in [2.75, 3.05) is 5.32 Å². The Balaban J connectivity index is 1.22. The number of hydrogen-bond donors (Lipinski definition) is 1. The second-order valence-corrected chi connectivity index (χ2v) is 11.4. The fraction of sp³-hybridized carbons (Fsp3) is 0.0476. The van der Waals surface area contributed by atoms with E-state index in [9.17, 15) is 0 Å². The third-order valence-electron chi connectivity index (χ3n) is 8.54. The van der Waals surface area contributed by atoms with Crippen LogP contribution in [0.1, 0.15) is 24.0 Å². The highest BCUT2D eigenvalue weighted by atomic mass is 16.3. The molecule has 0 saturated carbocycles. The number of anilines is 2. The summed E-state index contributed by atoms with van der Waals surface area (Å²) in [5.74, 6) is 0. The number of allylic oxidation sites excluding steroid dienone is 4. The Labute approximate surface area is 257 Å². The molecule has 0 amide bonds. The average Bonchev–Trinajstić information content (AvgIpc) is 3.47. The Morgan fingerprint density at radius 2 is 1.20 bits per heavy atom. The van der Waals surface area contributed by atoms with Crippen molar-refractivity contribution in [1.82, 2.24) is 0 Å². The van der Waals surface area contributed by atoms with Crippen LogP contribution in [0.5, 0.6) is 0 Å². The number of benzene rings is 6. The van der Waals surface area contributed by atoms with Crippen molar-refractivity contribution in [3.8, 4) is 22.3 Å². The van der Waals surface area contributed by atoms with Crippen molar-refractivity contribution in [2.45, 2.75) is 12.8 Å². The fourth-order valence-electron chi connectivity index (χ4n) is 6.30. The molecule has 0 bridgehead atoms. The zero-order valence-corrected chi connectivity index (χ0v) is 24.3. The normalized spacial score (nSPS) is 13.1. The minimum atomic E-state index is 0.911. The van der Waals surface area contributed by atoms with E-state index in [-0.39, 0.29) is 0 Å². The highest BCUT2D eigenvalue weighted by Crippen LogP contribution is 2.39. The van der Waals surface area contributed by atoms with Gasteiger partial charge in [-0.25, -0.2) is 0 Å². The molecule has 1 aliphatic carbocycles. The smallest absolute Gasteiger partial charge is 0.135 e. The van der Waals surface area contributed by atoms with Gasteiger partial charge in [-0.1, -0.05) is 109 Å². The van der Waals surface area contributed by atoms with Gasteiger partial charge in [0.25, 0.3) is 0 Å². The number of hydrogen-bond acceptors (Lipinski definition) is 2. The molecule has 210 valence electrons. The van der Waals surface area contributed by atoms with Crippen molar-refractivity contribution in [3.63, 3.8) is 0 Å². The van der Waals surface area contributed by atoms with Crippen LogP contribution < -0.4 is 5.32 Å². The number of para-hydroxylation sites is 2. The molecule has 0 atom stereocenters. The number of fused-ring (bicyclic) bond motifs is 3. The predicted octanol–water partition coefficient (Wildman–Crippen LogP) is 11.9. The van der Waals surface area contributed by atoms with Gasteiger partial charge in [0.1, 0.15) is 11.2 Å². The van der Waals surface area contributed by atoms with Crippen LogP contribution in [-0.2, 0) is 0 Å². The number of furan rings is 1. The molecule has 0 radical (unpaired) electrons. The van der Waals surface area contributed by atoms with Crippen molar-refractivity contribution < 1.29 is 4.42 Å². The van der Waals surface area contributed by atoms with Crippen LogP contribution in [0.25, 0.3) is 55.3 Å². The topological polar surface area (TPSA) is 25.2 Å². The zero-order chi connectivity index (χ0) is 29.3. The average molecular weight is 566 g/mol. The molecule has 1 heterocycles. The van der Waals surface area contributed by atoms with Crippen molar-refractivity contribution >= 4 is 44.5 Å². The summed E-state index contributed by atoms with van der Waals surface area (Å²) in [6.45, 7) is 0. The summed E-state index contributed by atoms with van der Waals surface area (Å²) in [5, 5.41) is 5.96. The lowest BCUT2D eigenvalue weighted by Crippen LogP contribution is -1.96. The fourth-order valence-corrected chi connectivity index (χ4v) is 6.30. The maximum absolute atomic E-state index is 6.11. The lowest BCUT2D eigenvalue weighted by atomic mass is 9.89. The molecule has 6 aromatic carbocycles. The first kappa shape index (κ1) is 26.1. The number of rotatable bonds is 6. The largest absolute Gasteiger partial charge is 0.456 e. The molecule has 1 aromatic heterocycles. The third-order valence-corrected chi connectivity index (χ3v) is 8.54. The first-order valence-corrected chi connectivity index (χ1v) is 15.2. The van der Waals surface area contributed by atoms with Gasteiger partial charge in [0.05, 0.1) is 0 Å². The summed E-state index contributed by atoms with van der Waals surface area (Å²) in [5.41, 5.74) is 13.9.